The zero-order chi connectivity index (χ0) is 27.3. The number of hydrogen-bond acceptors (Lipinski definition) is 4. The summed E-state index contributed by atoms with van der Waals surface area (Å²) in [6.45, 7) is 3.72. The first-order valence-corrected chi connectivity index (χ1v) is 14.7. The van der Waals surface area contributed by atoms with E-state index in [-0.39, 0.29) is 29.9 Å². The van der Waals surface area contributed by atoms with E-state index in [4.69, 9.17) is 0 Å². The van der Waals surface area contributed by atoms with Crippen LogP contribution in [0.15, 0.2) is 71.6 Å². The lowest BCUT2D eigenvalue weighted by atomic mass is 10.1. The van der Waals surface area contributed by atoms with Crippen molar-refractivity contribution < 1.29 is 18.0 Å². The second-order valence-electron chi connectivity index (χ2n) is 10.2. The van der Waals surface area contributed by atoms with Gasteiger partial charge in [-0.25, -0.2) is 8.42 Å². The van der Waals surface area contributed by atoms with Crippen LogP contribution in [0.2, 0.25) is 0 Å². The Kier molecular flexibility index (Phi) is 8.84. The van der Waals surface area contributed by atoms with Gasteiger partial charge in [-0.2, -0.15) is 4.31 Å². The highest BCUT2D eigenvalue weighted by atomic mass is 32.2. The number of amides is 2. The number of hydrogen-bond donors (Lipinski definition) is 1. The molecule has 0 bridgehead atoms. The van der Waals surface area contributed by atoms with Crippen LogP contribution in [0.4, 0.5) is 0 Å². The number of benzene rings is 3. The molecule has 0 aliphatic heterocycles. The van der Waals surface area contributed by atoms with E-state index in [9.17, 15) is 18.0 Å². The molecule has 7 nitrogen and oxygen atoms in total. The van der Waals surface area contributed by atoms with Gasteiger partial charge in [0.05, 0.1) is 11.4 Å². The first-order chi connectivity index (χ1) is 18.2. The summed E-state index contributed by atoms with van der Waals surface area (Å²) < 4.78 is 27.9. The Morgan fingerprint density at radius 1 is 0.974 bits per heavy atom. The zero-order valence-electron chi connectivity index (χ0n) is 22.4. The maximum absolute atomic E-state index is 13.7. The van der Waals surface area contributed by atoms with Crippen LogP contribution in [0.5, 0.6) is 0 Å². The minimum Gasteiger partial charge on any atom is -0.352 e. The Hall–Kier alpha value is -3.23. The first-order valence-electron chi connectivity index (χ1n) is 13.3. The summed E-state index contributed by atoms with van der Waals surface area (Å²) in [7, 11) is -2.51. The van der Waals surface area contributed by atoms with Crippen LogP contribution in [0.1, 0.15) is 50.2 Å². The van der Waals surface area contributed by atoms with E-state index in [1.54, 1.807) is 18.2 Å². The van der Waals surface area contributed by atoms with Crippen LogP contribution in [0.25, 0.3) is 10.8 Å². The van der Waals surface area contributed by atoms with Gasteiger partial charge >= 0.3 is 0 Å². The molecule has 0 spiro atoms. The van der Waals surface area contributed by atoms with E-state index in [1.165, 1.54) is 11.9 Å². The molecule has 4 rings (SSSR count). The molecule has 38 heavy (non-hydrogen) atoms. The van der Waals surface area contributed by atoms with E-state index in [0.717, 1.165) is 51.9 Å². The first kappa shape index (κ1) is 27.8. The third-order valence-corrected chi connectivity index (χ3v) is 9.15. The summed E-state index contributed by atoms with van der Waals surface area (Å²) in [6, 6.07) is 19.7. The number of carbonyl (C=O) groups is 2. The molecule has 8 heteroatoms. The molecule has 1 unspecified atom stereocenters. The van der Waals surface area contributed by atoms with E-state index in [1.807, 2.05) is 62.4 Å². The lowest BCUT2D eigenvalue weighted by Crippen LogP contribution is -2.53. The van der Waals surface area contributed by atoms with E-state index < -0.39 is 22.0 Å². The van der Waals surface area contributed by atoms with Crippen molar-refractivity contribution in [2.24, 2.45) is 0 Å². The molecule has 3 aromatic rings. The van der Waals surface area contributed by atoms with E-state index in [2.05, 4.69) is 5.32 Å². The largest absolute Gasteiger partial charge is 0.352 e. The predicted octanol–water partition coefficient (Wildman–Crippen LogP) is 4.63. The van der Waals surface area contributed by atoms with Gasteiger partial charge in [-0.3, -0.25) is 9.59 Å². The molecular weight excluding hydrogens is 498 g/mol. The third-order valence-electron chi connectivity index (χ3n) is 7.35. The van der Waals surface area contributed by atoms with Crippen molar-refractivity contribution in [2.75, 3.05) is 13.6 Å². The molecule has 1 saturated carbocycles. The Bertz CT molecular complexity index is 1380. The summed E-state index contributed by atoms with van der Waals surface area (Å²) in [4.78, 5) is 28.7. The quantitative estimate of drug-likeness (QED) is 0.410. The van der Waals surface area contributed by atoms with Crippen molar-refractivity contribution in [1.82, 2.24) is 14.5 Å². The summed E-state index contributed by atoms with van der Waals surface area (Å²) in [5.74, 6) is -0.592. The minimum atomic E-state index is -3.92. The molecule has 2 amide bonds. The van der Waals surface area contributed by atoms with Crippen LogP contribution < -0.4 is 5.32 Å². The Morgan fingerprint density at radius 3 is 2.29 bits per heavy atom. The number of carbonyl (C=O) groups excluding carboxylic acids is 2. The van der Waals surface area contributed by atoms with Gasteiger partial charge in [0.25, 0.3) is 0 Å². The highest BCUT2D eigenvalue weighted by molar-refractivity contribution is 7.89. The summed E-state index contributed by atoms with van der Waals surface area (Å²) >= 11 is 0. The Morgan fingerprint density at radius 2 is 1.63 bits per heavy atom. The highest BCUT2D eigenvalue weighted by Gasteiger charge is 2.33. The van der Waals surface area contributed by atoms with Gasteiger partial charge in [0, 0.05) is 19.6 Å². The third kappa shape index (κ3) is 6.42. The van der Waals surface area contributed by atoms with Gasteiger partial charge < -0.3 is 10.2 Å². The number of nitrogens with one attached hydrogen (secondary N) is 1. The molecule has 1 aliphatic rings. The fourth-order valence-corrected chi connectivity index (χ4v) is 6.21. The molecule has 0 aromatic heterocycles. The number of rotatable bonds is 10. The molecule has 0 heterocycles. The number of nitrogens with zero attached hydrogens (tertiary/aromatic N) is 2. The van der Waals surface area contributed by atoms with E-state index >= 15 is 0 Å². The van der Waals surface area contributed by atoms with E-state index in [0.29, 0.717) is 6.42 Å². The summed E-state index contributed by atoms with van der Waals surface area (Å²) in [6.07, 6.45) is 4.50. The zero-order valence-corrected chi connectivity index (χ0v) is 23.2. The number of aryl methyl sites for hydroxylation is 1. The normalized spacial score (nSPS) is 15.1. The molecule has 1 fully saturated rings. The van der Waals surface area contributed by atoms with Gasteiger partial charge in [0.1, 0.15) is 6.04 Å². The molecule has 0 saturated heterocycles. The number of fused-ring (bicyclic) bond motifs is 1. The molecule has 1 atom stereocenters. The van der Waals surface area contributed by atoms with Crippen molar-refractivity contribution >= 4 is 32.6 Å². The Balaban J connectivity index is 1.57. The molecule has 1 N–H and O–H groups in total. The van der Waals surface area contributed by atoms with Gasteiger partial charge in [0.2, 0.25) is 21.8 Å². The molecule has 3 aromatic carbocycles. The van der Waals surface area contributed by atoms with Crippen molar-refractivity contribution in [2.45, 2.75) is 69.5 Å². The highest BCUT2D eigenvalue weighted by Crippen LogP contribution is 2.23. The van der Waals surface area contributed by atoms with Gasteiger partial charge in [0.15, 0.2) is 0 Å². The van der Waals surface area contributed by atoms with Crippen molar-refractivity contribution in [3.8, 4) is 0 Å². The number of sulfonamides is 1. The average molecular weight is 536 g/mol. The van der Waals surface area contributed by atoms with Crippen molar-refractivity contribution in [3.63, 3.8) is 0 Å². The minimum absolute atomic E-state index is 0.127. The topological polar surface area (TPSA) is 86.8 Å². The summed E-state index contributed by atoms with van der Waals surface area (Å²) in [5.41, 5.74) is 1.98. The maximum Gasteiger partial charge on any atom is 0.243 e. The standard InChI is InChI=1S/C30H37N3O4S/c1-4-28(30(35)31-26-11-7-8-12-26)33(20-23-15-13-22(2)14-16-23)29(34)21-32(3)38(36,37)27-18-17-24-9-5-6-10-25(24)19-27/h5-6,9-10,13-19,26,28H,4,7-8,11-12,20-21H2,1-3H3,(H,31,35). The predicted molar refractivity (Wildman–Crippen MR) is 150 cm³/mol. The summed E-state index contributed by atoms with van der Waals surface area (Å²) in [5, 5.41) is 4.87. The van der Waals surface area contributed by atoms with Gasteiger partial charge in [-0.05, 0) is 54.7 Å². The molecule has 1 aliphatic carbocycles. The fraction of sp³-hybridized carbons (Fsp3) is 0.400. The van der Waals surface area contributed by atoms with Crippen LogP contribution in [0.3, 0.4) is 0 Å². The fourth-order valence-electron chi connectivity index (χ4n) is 5.05. The van der Waals surface area contributed by atoms with Crippen LogP contribution >= 0.6 is 0 Å². The van der Waals surface area contributed by atoms with Gasteiger partial charge in [-0.15, -0.1) is 0 Å². The van der Waals surface area contributed by atoms with Crippen molar-refractivity contribution in [1.29, 1.82) is 0 Å². The molecule has 0 radical (unpaired) electrons. The lowest BCUT2D eigenvalue weighted by Gasteiger charge is -2.32. The monoisotopic (exact) mass is 535 g/mol. The van der Waals surface area contributed by atoms with Gasteiger partial charge in [-0.1, -0.05) is 79.9 Å². The van der Waals surface area contributed by atoms with Crippen molar-refractivity contribution in [3.05, 3.63) is 77.9 Å². The lowest BCUT2D eigenvalue weighted by molar-refractivity contribution is -0.141. The SMILES string of the molecule is CCC(C(=O)NC1CCCC1)N(Cc1ccc(C)cc1)C(=O)CN(C)S(=O)(=O)c1ccc2ccccc2c1. The second-order valence-corrected chi connectivity index (χ2v) is 12.2. The second kappa shape index (κ2) is 12.1. The average Bonchev–Trinajstić information content (AvgIpc) is 3.42. The number of likely N-dealkylation sites (N-methyl/N-ethyl adjacent to an activating group) is 1. The Labute approximate surface area is 225 Å². The smallest absolute Gasteiger partial charge is 0.243 e. The van der Waals surface area contributed by atoms with Crippen LogP contribution in [-0.4, -0.2) is 55.1 Å². The van der Waals surface area contributed by atoms with Crippen LogP contribution in [-0.2, 0) is 26.2 Å². The molecule has 202 valence electrons. The molecular formula is C30H37N3O4S. The van der Waals surface area contributed by atoms with Crippen LogP contribution in [0, 0.1) is 6.92 Å². The maximum atomic E-state index is 13.7.